The molecule has 0 atom stereocenters. The standard InChI is InChI=1S/C14H30O2.H2O/c1-3-4-5-6-7-8-9-10-11-12-16-14-13-15-2;/h3-14H2,1-2H3;1H2. The first-order valence-corrected chi connectivity index (χ1v) is 6.98. The maximum atomic E-state index is 5.41. The minimum Gasteiger partial charge on any atom is -0.412 e. The van der Waals surface area contributed by atoms with Crippen molar-refractivity contribution in [2.24, 2.45) is 0 Å². The third-order valence-electron chi connectivity index (χ3n) is 2.82. The number of ether oxygens (including phenoxy) is 2. The minimum atomic E-state index is 0. The Kier molecular flexibility index (Phi) is 20.6. The Morgan fingerprint density at radius 1 is 0.647 bits per heavy atom. The van der Waals surface area contributed by atoms with Crippen LogP contribution in [0.15, 0.2) is 0 Å². The second-order valence-corrected chi connectivity index (χ2v) is 4.43. The van der Waals surface area contributed by atoms with Gasteiger partial charge in [-0.05, 0) is 6.42 Å². The normalized spacial score (nSPS) is 10.2. The maximum absolute atomic E-state index is 5.41. The summed E-state index contributed by atoms with van der Waals surface area (Å²) in [6.45, 7) is 4.63. The summed E-state index contributed by atoms with van der Waals surface area (Å²) in [5.74, 6) is 0. The molecule has 0 bridgehead atoms. The largest absolute Gasteiger partial charge is 0.412 e. The van der Waals surface area contributed by atoms with E-state index in [-0.39, 0.29) is 5.48 Å². The Morgan fingerprint density at radius 2 is 1.18 bits per heavy atom. The van der Waals surface area contributed by atoms with E-state index < -0.39 is 0 Å². The van der Waals surface area contributed by atoms with Gasteiger partial charge in [0.2, 0.25) is 0 Å². The molecule has 106 valence electrons. The van der Waals surface area contributed by atoms with Crippen LogP contribution < -0.4 is 0 Å². The molecule has 0 radical (unpaired) electrons. The molecule has 0 aliphatic heterocycles. The lowest BCUT2D eigenvalue weighted by Crippen LogP contribution is -2.02. The molecule has 3 heteroatoms. The van der Waals surface area contributed by atoms with Gasteiger partial charge in [0.25, 0.3) is 0 Å². The molecule has 0 fully saturated rings. The van der Waals surface area contributed by atoms with Gasteiger partial charge < -0.3 is 14.9 Å². The molecule has 0 aromatic carbocycles. The molecule has 0 aromatic rings. The lowest BCUT2D eigenvalue weighted by molar-refractivity contribution is 0.0685. The molecule has 0 heterocycles. The predicted molar refractivity (Wildman–Crippen MR) is 73.5 cm³/mol. The molecule has 0 saturated carbocycles. The van der Waals surface area contributed by atoms with Crippen LogP contribution >= 0.6 is 0 Å². The van der Waals surface area contributed by atoms with E-state index in [4.69, 9.17) is 9.47 Å². The van der Waals surface area contributed by atoms with E-state index in [1.165, 1.54) is 57.8 Å². The highest BCUT2D eigenvalue weighted by Gasteiger charge is 1.92. The van der Waals surface area contributed by atoms with Crippen molar-refractivity contribution in [3.05, 3.63) is 0 Å². The van der Waals surface area contributed by atoms with Crippen LogP contribution in [-0.4, -0.2) is 32.4 Å². The van der Waals surface area contributed by atoms with E-state index in [1.54, 1.807) is 7.11 Å². The van der Waals surface area contributed by atoms with Crippen molar-refractivity contribution in [1.29, 1.82) is 0 Å². The summed E-state index contributed by atoms with van der Waals surface area (Å²) in [7, 11) is 1.71. The highest BCUT2D eigenvalue weighted by Crippen LogP contribution is 2.09. The number of hydrogen-bond donors (Lipinski definition) is 0. The molecule has 0 aliphatic rings. The molecule has 0 saturated heterocycles. The molecule has 0 rings (SSSR count). The fourth-order valence-electron chi connectivity index (χ4n) is 1.76. The van der Waals surface area contributed by atoms with Gasteiger partial charge in [0.05, 0.1) is 13.2 Å². The molecule has 17 heavy (non-hydrogen) atoms. The first-order valence-electron chi connectivity index (χ1n) is 6.98. The molecular formula is C14H32O3. The van der Waals surface area contributed by atoms with Crippen molar-refractivity contribution < 1.29 is 14.9 Å². The fourth-order valence-corrected chi connectivity index (χ4v) is 1.76. The first kappa shape index (κ1) is 19.2. The number of unbranched alkanes of at least 4 members (excludes halogenated alkanes) is 8. The van der Waals surface area contributed by atoms with Gasteiger partial charge in [0.15, 0.2) is 0 Å². The van der Waals surface area contributed by atoms with Crippen LogP contribution in [-0.2, 0) is 9.47 Å². The highest BCUT2D eigenvalue weighted by molar-refractivity contribution is 4.46. The van der Waals surface area contributed by atoms with Crippen molar-refractivity contribution in [1.82, 2.24) is 0 Å². The van der Waals surface area contributed by atoms with Gasteiger partial charge in [-0.1, -0.05) is 58.3 Å². The van der Waals surface area contributed by atoms with Crippen LogP contribution in [0, 0.1) is 0 Å². The van der Waals surface area contributed by atoms with Gasteiger partial charge in [-0.15, -0.1) is 0 Å². The molecule has 0 spiro atoms. The topological polar surface area (TPSA) is 50.0 Å². The Balaban J connectivity index is 0. The Hall–Kier alpha value is -0.120. The van der Waals surface area contributed by atoms with Crippen LogP contribution in [0.25, 0.3) is 0 Å². The third-order valence-corrected chi connectivity index (χ3v) is 2.82. The molecular weight excluding hydrogens is 216 g/mol. The Labute approximate surface area is 107 Å². The van der Waals surface area contributed by atoms with E-state index in [0.29, 0.717) is 0 Å². The minimum absolute atomic E-state index is 0. The van der Waals surface area contributed by atoms with Crippen LogP contribution in [0.3, 0.4) is 0 Å². The van der Waals surface area contributed by atoms with E-state index in [2.05, 4.69) is 6.92 Å². The van der Waals surface area contributed by atoms with E-state index in [0.717, 1.165) is 19.8 Å². The van der Waals surface area contributed by atoms with Gasteiger partial charge in [-0.25, -0.2) is 0 Å². The Bertz CT molecular complexity index is 104. The molecule has 3 nitrogen and oxygen atoms in total. The van der Waals surface area contributed by atoms with Gasteiger partial charge in [0.1, 0.15) is 0 Å². The molecule has 0 aliphatic carbocycles. The third kappa shape index (κ3) is 18.4. The van der Waals surface area contributed by atoms with Crippen LogP contribution in [0.1, 0.15) is 64.7 Å². The molecule has 0 unspecified atom stereocenters. The summed E-state index contributed by atoms with van der Waals surface area (Å²) in [6, 6.07) is 0. The quantitative estimate of drug-likeness (QED) is 0.469. The second-order valence-electron chi connectivity index (χ2n) is 4.43. The van der Waals surface area contributed by atoms with E-state index >= 15 is 0 Å². The molecule has 0 amide bonds. The zero-order valence-electron chi connectivity index (χ0n) is 11.8. The Morgan fingerprint density at radius 3 is 1.71 bits per heavy atom. The van der Waals surface area contributed by atoms with Crippen LogP contribution in [0.2, 0.25) is 0 Å². The average Bonchev–Trinajstić information content (AvgIpc) is 2.31. The van der Waals surface area contributed by atoms with Gasteiger partial charge in [0, 0.05) is 13.7 Å². The zero-order chi connectivity index (χ0) is 11.9. The van der Waals surface area contributed by atoms with Crippen molar-refractivity contribution in [2.45, 2.75) is 64.7 Å². The van der Waals surface area contributed by atoms with Gasteiger partial charge in [-0.2, -0.15) is 0 Å². The van der Waals surface area contributed by atoms with Gasteiger partial charge in [-0.3, -0.25) is 0 Å². The molecule has 2 N–H and O–H groups in total. The second kappa shape index (κ2) is 18.3. The van der Waals surface area contributed by atoms with Crippen LogP contribution in [0.5, 0.6) is 0 Å². The smallest absolute Gasteiger partial charge is 0.0700 e. The number of methoxy groups -OCH3 is 1. The monoisotopic (exact) mass is 248 g/mol. The summed E-state index contributed by atoms with van der Waals surface area (Å²) in [5.41, 5.74) is 0. The van der Waals surface area contributed by atoms with E-state index in [1.807, 2.05) is 0 Å². The summed E-state index contributed by atoms with van der Waals surface area (Å²) in [4.78, 5) is 0. The van der Waals surface area contributed by atoms with Crippen molar-refractivity contribution in [3.8, 4) is 0 Å². The van der Waals surface area contributed by atoms with E-state index in [9.17, 15) is 0 Å². The fraction of sp³-hybridized carbons (Fsp3) is 1.00. The predicted octanol–water partition coefficient (Wildman–Crippen LogP) is 3.36. The number of hydrogen-bond acceptors (Lipinski definition) is 2. The first-order chi connectivity index (χ1) is 7.91. The highest BCUT2D eigenvalue weighted by atomic mass is 16.5. The maximum Gasteiger partial charge on any atom is 0.0700 e. The molecule has 0 aromatic heterocycles. The summed E-state index contributed by atoms with van der Waals surface area (Å²) < 4.78 is 10.3. The number of rotatable bonds is 13. The summed E-state index contributed by atoms with van der Waals surface area (Å²) in [6.07, 6.45) is 12.3. The van der Waals surface area contributed by atoms with Crippen molar-refractivity contribution in [3.63, 3.8) is 0 Å². The lowest BCUT2D eigenvalue weighted by Gasteiger charge is -2.03. The lowest BCUT2D eigenvalue weighted by atomic mass is 10.1. The van der Waals surface area contributed by atoms with Gasteiger partial charge >= 0.3 is 0 Å². The zero-order valence-corrected chi connectivity index (χ0v) is 11.8. The average molecular weight is 248 g/mol. The van der Waals surface area contributed by atoms with Crippen molar-refractivity contribution >= 4 is 0 Å². The summed E-state index contributed by atoms with van der Waals surface area (Å²) in [5, 5.41) is 0. The summed E-state index contributed by atoms with van der Waals surface area (Å²) >= 11 is 0. The SMILES string of the molecule is CCCCCCCCCCCOCCOC.O. The van der Waals surface area contributed by atoms with Crippen LogP contribution in [0.4, 0.5) is 0 Å². The van der Waals surface area contributed by atoms with Crippen molar-refractivity contribution in [2.75, 3.05) is 26.9 Å².